The number of amides is 1. The molecular weight excluding hydrogens is 273 g/mol. The second kappa shape index (κ2) is 6.66. The van der Waals surface area contributed by atoms with E-state index in [1.165, 1.54) is 6.07 Å². The van der Waals surface area contributed by atoms with Gasteiger partial charge in [0, 0.05) is 4.88 Å². The summed E-state index contributed by atoms with van der Waals surface area (Å²) in [4.78, 5) is 13.2. The topological polar surface area (TPSA) is 29.1 Å². The molecule has 1 N–H and O–H groups in total. The zero-order valence-electron chi connectivity index (χ0n) is 11.6. The molecule has 2 rings (SSSR count). The van der Waals surface area contributed by atoms with Crippen LogP contribution >= 0.6 is 11.3 Å². The molecule has 0 radical (unpaired) electrons. The van der Waals surface area contributed by atoms with Crippen LogP contribution in [-0.4, -0.2) is 5.91 Å². The molecule has 0 bridgehead atoms. The Balaban J connectivity index is 2.05. The summed E-state index contributed by atoms with van der Waals surface area (Å²) in [6.45, 7) is 4.13. The Morgan fingerprint density at radius 3 is 2.60 bits per heavy atom. The van der Waals surface area contributed by atoms with E-state index < -0.39 is 0 Å². The van der Waals surface area contributed by atoms with Crippen molar-refractivity contribution in [3.05, 3.63) is 58.0 Å². The highest BCUT2D eigenvalue weighted by Gasteiger charge is 2.19. The van der Waals surface area contributed by atoms with Crippen LogP contribution in [0.3, 0.4) is 0 Å². The molecule has 20 heavy (non-hydrogen) atoms. The number of carbonyl (C=O) groups excluding carboxylic acids is 1. The first-order chi connectivity index (χ1) is 9.58. The minimum absolute atomic E-state index is 0.0192. The maximum Gasteiger partial charge on any atom is 0.225 e. The predicted molar refractivity (Wildman–Crippen MR) is 80.1 cm³/mol. The summed E-state index contributed by atoms with van der Waals surface area (Å²) in [6, 6.07) is 10.3. The lowest BCUT2D eigenvalue weighted by Gasteiger charge is -2.21. The molecule has 1 aromatic heterocycles. The van der Waals surface area contributed by atoms with Gasteiger partial charge >= 0.3 is 0 Å². The molecule has 1 amide bonds. The summed E-state index contributed by atoms with van der Waals surface area (Å²) in [5, 5.41) is 4.99. The zero-order valence-corrected chi connectivity index (χ0v) is 12.4. The van der Waals surface area contributed by atoms with Crippen LogP contribution in [0, 0.1) is 11.7 Å². The first-order valence-corrected chi connectivity index (χ1v) is 7.52. The average Bonchev–Trinajstić information content (AvgIpc) is 2.92. The van der Waals surface area contributed by atoms with E-state index in [1.54, 1.807) is 29.5 Å². The van der Waals surface area contributed by atoms with Crippen molar-refractivity contribution in [3.63, 3.8) is 0 Å². The summed E-state index contributed by atoms with van der Waals surface area (Å²) < 4.78 is 13.5. The van der Waals surface area contributed by atoms with Gasteiger partial charge in [-0.15, -0.1) is 11.3 Å². The largest absolute Gasteiger partial charge is 0.348 e. The number of benzene rings is 1. The van der Waals surface area contributed by atoms with E-state index in [0.29, 0.717) is 11.5 Å². The Morgan fingerprint density at radius 1 is 1.25 bits per heavy atom. The van der Waals surface area contributed by atoms with Gasteiger partial charge in [-0.3, -0.25) is 4.79 Å². The minimum Gasteiger partial charge on any atom is -0.348 e. The number of carbonyl (C=O) groups is 1. The summed E-state index contributed by atoms with van der Waals surface area (Å²) in [7, 11) is 0. The van der Waals surface area contributed by atoms with E-state index in [9.17, 15) is 9.18 Å². The third kappa shape index (κ3) is 3.67. The molecule has 0 fully saturated rings. The maximum atomic E-state index is 13.5. The normalized spacial score (nSPS) is 12.4. The Hall–Kier alpha value is -1.68. The molecule has 4 heteroatoms. The van der Waals surface area contributed by atoms with Crippen LogP contribution in [0.4, 0.5) is 4.39 Å². The van der Waals surface area contributed by atoms with Gasteiger partial charge < -0.3 is 5.32 Å². The van der Waals surface area contributed by atoms with Crippen molar-refractivity contribution in [3.8, 4) is 0 Å². The van der Waals surface area contributed by atoms with E-state index >= 15 is 0 Å². The standard InChI is InChI=1S/C16H18FNOS/c1-11(2)16(14-8-5-9-20-14)18-15(19)10-12-6-3-4-7-13(12)17/h3-9,11,16H,10H2,1-2H3,(H,18,19)/t16-/m1/s1. The number of thiophene rings is 1. The molecule has 1 aromatic carbocycles. The van der Waals surface area contributed by atoms with Crippen LogP contribution in [0.1, 0.15) is 30.3 Å². The van der Waals surface area contributed by atoms with Gasteiger partial charge in [-0.05, 0) is 29.0 Å². The molecule has 0 saturated carbocycles. The van der Waals surface area contributed by atoms with Gasteiger partial charge in [0.2, 0.25) is 5.91 Å². The van der Waals surface area contributed by atoms with Crippen LogP contribution in [0.5, 0.6) is 0 Å². The highest BCUT2D eigenvalue weighted by atomic mass is 32.1. The lowest BCUT2D eigenvalue weighted by molar-refractivity contribution is -0.121. The quantitative estimate of drug-likeness (QED) is 0.888. The molecule has 1 atom stereocenters. The van der Waals surface area contributed by atoms with Crippen molar-refractivity contribution in [2.45, 2.75) is 26.3 Å². The Labute approximate surface area is 122 Å². The fraction of sp³-hybridized carbons (Fsp3) is 0.312. The third-order valence-corrected chi connectivity index (χ3v) is 4.10. The number of nitrogens with one attached hydrogen (secondary N) is 1. The fourth-order valence-electron chi connectivity index (χ4n) is 2.07. The average molecular weight is 291 g/mol. The first kappa shape index (κ1) is 14.7. The van der Waals surface area contributed by atoms with Gasteiger partial charge in [-0.1, -0.05) is 38.1 Å². The molecule has 2 nitrogen and oxygen atoms in total. The lowest BCUT2D eigenvalue weighted by Crippen LogP contribution is -2.32. The number of hydrogen-bond acceptors (Lipinski definition) is 2. The molecule has 0 aliphatic rings. The third-order valence-electron chi connectivity index (χ3n) is 3.14. The van der Waals surface area contributed by atoms with Gasteiger partial charge in [0.05, 0.1) is 12.5 Å². The summed E-state index contributed by atoms with van der Waals surface area (Å²) in [5.74, 6) is -0.194. The summed E-state index contributed by atoms with van der Waals surface area (Å²) in [6.07, 6.45) is 0.0707. The van der Waals surface area contributed by atoms with Crippen LogP contribution < -0.4 is 5.32 Å². The van der Waals surface area contributed by atoms with Crippen LogP contribution in [0.15, 0.2) is 41.8 Å². The van der Waals surface area contributed by atoms with Crippen molar-refractivity contribution in [1.82, 2.24) is 5.32 Å². The Kier molecular flexibility index (Phi) is 4.90. The van der Waals surface area contributed by atoms with E-state index in [2.05, 4.69) is 19.2 Å². The highest BCUT2D eigenvalue weighted by Crippen LogP contribution is 2.25. The van der Waals surface area contributed by atoms with E-state index in [-0.39, 0.29) is 24.2 Å². The van der Waals surface area contributed by atoms with Gasteiger partial charge in [-0.25, -0.2) is 4.39 Å². The van der Waals surface area contributed by atoms with E-state index in [1.807, 2.05) is 17.5 Å². The van der Waals surface area contributed by atoms with Crippen LogP contribution in [0.25, 0.3) is 0 Å². The lowest BCUT2D eigenvalue weighted by atomic mass is 10.0. The first-order valence-electron chi connectivity index (χ1n) is 6.64. The van der Waals surface area contributed by atoms with Gasteiger partial charge in [0.15, 0.2) is 0 Å². The Bertz CT molecular complexity index is 566. The van der Waals surface area contributed by atoms with Crippen molar-refractivity contribution in [2.24, 2.45) is 5.92 Å². The molecule has 1 heterocycles. The second-order valence-electron chi connectivity index (χ2n) is 5.07. The summed E-state index contributed by atoms with van der Waals surface area (Å²) in [5.41, 5.74) is 0.429. The van der Waals surface area contributed by atoms with E-state index in [4.69, 9.17) is 0 Å². The van der Waals surface area contributed by atoms with Crippen LogP contribution in [0.2, 0.25) is 0 Å². The second-order valence-corrected chi connectivity index (χ2v) is 6.05. The van der Waals surface area contributed by atoms with Crippen molar-refractivity contribution >= 4 is 17.2 Å². The molecular formula is C16H18FNOS. The predicted octanol–water partition coefficient (Wildman–Crippen LogP) is 3.94. The zero-order chi connectivity index (χ0) is 14.5. The number of rotatable bonds is 5. The molecule has 0 unspecified atom stereocenters. The monoisotopic (exact) mass is 291 g/mol. The highest BCUT2D eigenvalue weighted by molar-refractivity contribution is 7.10. The smallest absolute Gasteiger partial charge is 0.225 e. The van der Waals surface area contributed by atoms with Crippen LogP contribution in [-0.2, 0) is 11.2 Å². The minimum atomic E-state index is -0.333. The van der Waals surface area contributed by atoms with Crippen molar-refractivity contribution in [1.29, 1.82) is 0 Å². The molecule has 0 aliphatic carbocycles. The Morgan fingerprint density at radius 2 is 2.00 bits per heavy atom. The number of hydrogen-bond donors (Lipinski definition) is 1. The summed E-state index contributed by atoms with van der Waals surface area (Å²) >= 11 is 1.62. The molecule has 0 aliphatic heterocycles. The van der Waals surface area contributed by atoms with Gasteiger partial charge in [0.1, 0.15) is 5.82 Å². The van der Waals surface area contributed by atoms with Crippen molar-refractivity contribution < 1.29 is 9.18 Å². The van der Waals surface area contributed by atoms with E-state index in [0.717, 1.165) is 4.88 Å². The molecule has 0 saturated heterocycles. The fourth-order valence-corrected chi connectivity index (χ4v) is 3.02. The van der Waals surface area contributed by atoms with Gasteiger partial charge in [0.25, 0.3) is 0 Å². The molecule has 0 spiro atoms. The SMILES string of the molecule is CC(C)[C@@H](NC(=O)Cc1ccccc1F)c1cccs1. The number of halogens is 1. The van der Waals surface area contributed by atoms with Crippen molar-refractivity contribution in [2.75, 3.05) is 0 Å². The van der Waals surface area contributed by atoms with Gasteiger partial charge in [-0.2, -0.15) is 0 Å². The molecule has 106 valence electrons. The maximum absolute atomic E-state index is 13.5. The molecule has 2 aromatic rings.